The topological polar surface area (TPSA) is 72.9 Å². The fourth-order valence-corrected chi connectivity index (χ4v) is 5.46. The Balaban J connectivity index is 1.26. The van der Waals surface area contributed by atoms with Gasteiger partial charge in [0.25, 0.3) is 0 Å². The van der Waals surface area contributed by atoms with Gasteiger partial charge in [-0.05, 0) is 80.3 Å². The average molecular weight is 419 g/mol. The summed E-state index contributed by atoms with van der Waals surface area (Å²) in [5.74, 6) is 0.430. The minimum Gasteiger partial charge on any atom is -0.482 e. The van der Waals surface area contributed by atoms with Gasteiger partial charge in [-0.15, -0.1) is 0 Å². The molecule has 1 heterocycles. The Hall–Kier alpha value is -3.15. The second-order valence-corrected chi connectivity index (χ2v) is 8.90. The van der Waals surface area contributed by atoms with Crippen LogP contribution < -0.4 is 14.4 Å². The minimum absolute atomic E-state index is 0.108. The maximum atomic E-state index is 13.0. The Bertz CT molecular complexity index is 1050. The number of nitrogens with zero attached hydrogens (tertiary/aromatic N) is 1. The van der Waals surface area contributed by atoms with Crippen molar-refractivity contribution in [3.63, 3.8) is 0 Å². The Morgan fingerprint density at radius 3 is 2.32 bits per heavy atom. The second kappa shape index (κ2) is 7.52. The van der Waals surface area contributed by atoms with E-state index < -0.39 is 5.97 Å². The molecule has 1 saturated heterocycles. The van der Waals surface area contributed by atoms with E-state index in [-0.39, 0.29) is 36.0 Å². The van der Waals surface area contributed by atoms with Gasteiger partial charge in [-0.25, -0.2) is 9.69 Å². The second-order valence-electron chi connectivity index (χ2n) is 8.90. The zero-order chi connectivity index (χ0) is 21.7. The molecule has 6 heteroatoms. The standard InChI is InChI=1S/C25H25NO5/c1-14-6-9-19(10-15(14)2)30-13-21(27)31-20-5-3-4-18(12-20)26-24(28)22-16-7-8-17(11-16)23(22)25(26)29/h3-6,9-10,12,16-17,22-23H,7-8,11,13H2,1-2H3/t16-,17-,22+,23+/m0/s1. The van der Waals surface area contributed by atoms with Gasteiger partial charge >= 0.3 is 5.97 Å². The number of esters is 1. The molecule has 0 radical (unpaired) electrons. The van der Waals surface area contributed by atoms with Crippen LogP contribution in [0.2, 0.25) is 0 Å². The third-order valence-corrected chi connectivity index (χ3v) is 7.07. The smallest absolute Gasteiger partial charge is 0.349 e. The number of carbonyl (C=O) groups excluding carboxylic acids is 3. The molecule has 2 amide bonds. The van der Waals surface area contributed by atoms with Gasteiger partial charge in [-0.1, -0.05) is 12.1 Å². The van der Waals surface area contributed by atoms with Gasteiger partial charge in [0.1, 0.15) is 11.5 Å². The van der Waals surface area contributed by atoms with Crippen LogP contribution in [-0.2, 0) is 14.4 Å². The molecule has 2 saturated carbocycles. The Kier molecular flexibility index (Phi) is 4.80. The summed E-state index contributed by atoms with van der Waals surface area (Å²) in [4.78, 5) is 39.6. The van der Waals surface area contributed by atoms with Crippen LogP contribution in [0.1, 0.15) is 30.4 Å². The van der Waals surface area contributed by atoms with Gasteiger partial charge < -0.3 is 9.47 Å². The SMILES string of the molecule is Cc1ccc(OCC(=O)Oc2cccc(N3C(=O)[C@@H]4[C@H]5CC[C@@H](C5)[C@H]4C3=O)c2)cc1C. The van der Waals surface area contributed by atoms with Crippen molar-refractivity contribution in [2.75, 3.05) is 11.5 Å². The lowest BCUT2D eigenvalue weighted by molar-refractivity contribution is -0.136. The Labute approximate surface area is 181 Å². The first-order valence-electron chi connectivity index (χ1n) is 10.8. The van der Waals surface area contributed by atoms with E-state index >= 15 is 0 Å². The number of hydrogen-bond donors (Lipinski definition) is 0. The molecule has 4 atom stereocenters. The van der Waals surface area contributed by atoms with Crippen molar-refractivity contribution in [2.45, 2.75) is 33.1 Å². The van der Waals surface area contributed by atoms with Crippen LogP contribution in [0.25, 0.3) is 0 Å². The average Bonchev–Trinajstić information content (AvgIpc) is 3.43. The molecule has 0 N–H and O–H groups in total. The summed E-state index contributed by atoms with van der Waals surface area (Å²) in [6.07, 6.45) is 3.08. The van der Waals surface area contributed by atoms with E-state index in [1.54, 1.807) is 24.3 Å². The highest BCUT2D eigenvalue weighted by molar-refractivity contribution is 6.22. The monoisotopic (exact) mass is 419 g/mol. The van der Waals surface area contributed by atoms with Crippen LogP contribution in [0.5, 0.6) is 11.5 Å². The van der Waals surface area contributed by atoms with Crippen LogP contribution in [0, 0.1) is 37.5 Å². The summed E-state index contributed by atoms with van der Waals surface area (Å²) in [7, 11) is 0. The van der Waals surface area contributed by atoms with Gasteiger partial charge in [0.05, 0.1) is 17.5 Å². The summed E-state index contributed by atoms with van der Waals surface area (Å²) >= 11 is 0. The molecule has 0 unspecified atom stereocenters. The highest BCUT2D eigenvalue weighted by Gasteiger charge is 2.61. The molecule has 6 nitrogen and oxygen atoms in total. The van der Waals surface area contributed by atoms with Crippen LogP contribution in [0.3, 0.4) is 0 Å². The van der Waals surface area contributed by atoms with E-state index in [0.717, 1.165) is 30.4 Å². The predicted octanol–water partition coefficient (Wildman–Crippen LogP) is 3.82. The number of rotatable bonds is 5. The highest BCUT2D eigenvalue weighted by Crippen LogP contribution is 2.56. The quantitative estimate of drug-likeness (QED) is 0.418. The Morgan fingerprint density at radius 1 is 0.935 bits per heavy atom. The number of carbonyl (C=O) groups is 3. The van der Waals surface area contributed by atoms with Crippen molar-refractivity contribution < 1.29 is 23.9 Å². The van der Waals surface area contributed by atoms with Crippen LogP contribution in [0.4, 0.5) is 5.69 Å². The predicted molar refractivity (Wildman–Crippen MR) is 114 cm³/mol. The summed E-state index contributed by atoms with van der Waals surface area (Å²) < 4.78 is 10.9. The zero-order valence-corrected chi connectivity index (χ0v) is 17.7. The zero-order valence-electron chi connectivity index (χ0n) is 17.7. The van der Waals surface area contributed by atoms with Crippen molar-refractivity contribution in [2.24, 2.45) is 23.7 Å². The largest absolute Gasteiger partial charge is 0.482 e. The number of amides is 2. The van der Waals surface area contributed by atoms with Crippen LogP contribution in [-0.4, -0.2) is 24.4 Å². The number of benzene rings is 2. The minimum atomic E-state index is -0.552. The summed E-state index contributed by atoms with van der Waals surface area (Å²) in [5, 5.41) is 0. The van der Waals surface area contributed by atoms with Gasteiger partial charge in [0, 0.05) is 6.07 Å². The van der Waals surface area contributed by atoms with Crippen molar-refractivity contribution in [1.82, 2.24) is 0 Å². The molecule has 2 bridgehead atoms. The molecule has 2 aromatic carbocycles. The molecule has 2 aliphatic carbocycles. The summed E-state index contributed by atoms with van der Waals surface area (Å²) in [6, 6.07) is 12.2. The number of anilines is 1. The third-order valence-electron chi connectivity index (χ3n) is 7.07. The van der Waals surface area contributed by atoms with Crippen molar-refractivity contribution >= 4 is 23.5 Å². The molecule has 2 aromatic rings. The van der Waals surface area contributed by atoms with Crippen molar-refractivity contribution in [3.05, 3.63) is 53.6 Å². The molecule has 3 aliphatic rings. The van der Waals surface area contributed by atoms with E-state index in [2.05, 4.69) is 0 Å². The van der Waals surface area contributed by atoms with Crippen LogP contribution >= 0.6 is 0 Å². The van der Waals surface area contributed by atoms with Crippen LogP contribution in [0.15, 0.2) is 42.5 Å². The maximum absolute atomic E-state index is 13.0. The number of fused-ring (bicyclic) bond motifs is 5. The first-order valence-corrected chi connectivity index (χ1v) is 10.8. The van der Waals surface area contributed by atoms with E-state index in [0.29, 0.717) is 23.3 Å². The number of ether oxygens (including phenoxy) is 2. The van der Waals surface area contributed by atoms with E-state index in [1.165, 1.54) is 4.90 Å². The maximum Gasteiger partial charge on any atom is 0.349 e. The molecule has 3 fully saturated rings. The van der Waals surface area contributed by atoms with Gasteiger partial charge in [-0.3, -0.25) is 9.59 Å². The fourth-order valence-electron chi connectivity index (χ4n) is 5.46. The van der Waals surface area contributed by atoms with E-state index in [9.17, 15) is 14.4 Å². The fraction of sp³-hybridized carbons (Fsp3) is 0.400. The lowest BCUT2D eigenvalue weighted by atomic mass is 9.81. The number of imide groups is 1. The number of aryl methyl sites for hydroxylation is 2. The van der Waals surface area contributed by atoms with Gasteiger partial charge in [0.2, 0.25) is 11.8 Å². The normalized spacial score (nSPS) is 26.3. The first kappa shape index (κ1) is 19.8. The molecule has 31 heavy (non-hydrogen) atoms. The lowest BCUT2D eigenvalue weighted by Gasteiger charge is -2.19. The van der Waals surface area contributed by atoms with Gasteiger partial charge in [-0.2, -0.15) is 0 Å². The first-order chi connectivity index (χ1) is 14.9. The molecule has 0 spiro atoms. The van der Waals surface area contributed by atoms with Crippen molar-refractivity contribution in [3.8, 4) is 11.5 Å². The van der Waals surface area contributed by atoms with Gasteiger partial charge in [0.15, 0.2) is 6.61 Å². The molecule has 1 aliphatic heterocycles. The lowest BCUT2D eigenvalue weighted by Crippen LogP contribution is -2.32. The van der Waals surface area contributed by atoms with E-state index in [4.69, 9.17) is 9.47 Å². The highest BCUT2D eigenvalue weighted by atomic mass is 16.6. The molecular weight excluding hydrogens is 394 g/mol. The molecule has 160 valence electrons. The summed E-state index contributed by atoms with van der Waals surface area (Å²) in [6.45, 7) is 3.75. The number of hydrogen-bond acceptors (Lipinski definition) is 5. The molecular formula is C25H25NO5. The van der Waals surface area contributed by atoms with Crippen molar-refractivity contribution in [1.29, 1.82) is 0 Å². The third kappa shape index (κ3) is 3.40. The molecule has 0 aromatic heterocycles. The summed E-state index contributed by atoms with van der Waals surface area (Å²) in [5.41, 5.74) is 2.69. The van der Waals surface area contributed by atoms with E-state index in [1.807, 2.05) is 32.0 Å². The Morgan fingerprint density at radius 2 is 1.65 bits per heavy atom. The molecule has 5 rings (SSSR count).